The molecule has 1 unspecified atom stereocenters. The Bertz CT molecular complexity index is 961. The molecule has 1 atom stereocenters. The average Bonchev–Trinajstić information content (AvgIpc) is 2.69. The molecule has 3 heterocycles. The van der Waals surface area contributed by atoms with Gasteiger partial charge in [0.2, 0.25) is 17.8 Å². The quantitative estimate of drug-likeness (QED) is 0.755. The maximum absolute atomic E-state index is 12.8. The van der Waals surface area contributed by atoms with E-state index in [1.54, 1.807) is 12.1 Å². The molecule has 1 saturated heterocycles. The first-order valence-corrected chi connectivity index (χ1v) is 9.58. The molecule has 0 bridgehead atoms. The number of rotatable bonds is 3. The first-order chi connectivity index (χ1) is 13.5. The fourth-order valence-electron chi connectivity index (χ4n) is 3.71. The number of nitrogens with one attached hydrogen (secondary N) is 3. The molecule has 0 aliphatic carbocycles. The van der Waals surface area contributed by atoms with Crippen LogP contribution in [-0.2, 0) is 9.59 Å². The molecule has 3 N–H and O–H groups in total. The highest BCUT2D eigenvalue weighted by molar-refractivity contribution is 6.04. The summed E-state index contributed by atoms with van der Waals surface area (Å²) in [6.07, 6.45) is 3.14. The van der Waals surface area contributed by atoms with E-state index in [1.165, 1.54) is 0 Å². The molecule has 2 aliphatic rings. The van der Waals surface area contributed by atoms with Crippen molar-refractivity contribution in [2.45, 2.75) is 38.5 Å². The topological polar surface area (TPSA) is 107 Å². The molecule has 8 heteroatoms. The summed E-state index contributed by atoms with van der Waals surface area (Å²) in [5, 5.41) is 5.46. The smallest absolute Gasteiger partial charge is 0.258 e. The number of amides is 2. The van der Waals surface area contributed by atoms with E-state index in [-0.39, 0.29) is 29.3 Å². The van der Waals surface area contributed by atoms with Gasteiger partial charge in [-0.2, -0.15) is 4.98 Å². The van der Waals surface area contributed by atoms with Gasteiger partial charge in [0.1, 0.15) is 5.82 Å². The third-order valence-electron chi connectivity index (χ3n) is 5.23. The lowest BCUT2D eigenvalue weighted by Gasteiger charge is -2.29. The molecule has 4 rings (SSSR count). The first kappa shape index (κ1) is 18.2. The summed E-state index contributed by atoms with van der Waals surface area (Å²) in [4.78, 5) is 47.1. The summed E-state index contributed by atoms with van der Waals surface area (Å²) < 4.78 is 0. The highest BCUT2D eigenvalue weighted by atomic mass is 16.2. The van der Waals surface area contributed by atoms with Gasteiger partial charge in [0, 0.05) is 25.2 Å². The fourth-order valence-corrected chi connectivity index (χ4v) is 3.71. The summed E-state index contributed by atoms with van der Waals surface area (Å²) >= 11 is 0. The van der Waals surface area contributed by atoms with Crippen molar-refractivity contribution >= 4 is 29.3 Å². The molecule has 1 aromatic heterocycles. The van der Waals surface area contributed by atoms with Crippen molar-refractivity contribution in [2.75, 3.05) is 28.6 Å². The number of hydrogen-bond donors (Lipinski definition) is 3. The number of carbonyl (C=O) groups excluding carboxylic acids is 2. The van der Waals surface area contributed by atoms with Crippen LogP contribution in [0.25, 0.3) is 0 Å². The standard InChI is InChI=1S/C20H23N5O3/c1-12-5-7-13(8-6-12)21-18(27)14-11-15(26)22-17-16(14)19(28)24-20(23-17)25-9-3-2-4-10-25/h5-8,14H,2-4,9-11H2,1H3,(H,21,27)(H2,22,23,24,26,28). The zero-order valence-electron chi connectivity index (χ0n) is 15.7. The van der Waals surface area contributed by atoms with Gasteiger partial charge < -0.3 is 15.5 Å². The van der Waals surface area contributed by atoms with Crippen LogP contribution in [0.1, 0.15) is 42.7 Å². The van der Waals surface area contributed by atoms with E-state index in [9.17, 15) is 14.4 Å². The van der Waals surface area contributed by atoms with Gasteiger partial charge in [-0.1, -0.05) is 17.7 Å². The Kier molecular flexibility index (Phi) is 4.85. The molecule has 28 heavy (non-hydrogen) atoms. The fraction of sp³-hybridized carbons (Fsp3) is 0.400. The lowest BCUT2D eigenvalue weighted by atomic mass is 9.92. The van der Waals surface area contributed by atoms with Crippen LogP contribution in [0.15, 0.2) is 29.1 Å². The predicted molar refractivity (Wildman–Crippen MR) is 107 cm³/mol. The van der Waals surface area contributed by atoms with E-state index in [4.69, 9.17) is 0 Å². The molecule has 2 aliphatic heterocycles. The minimum atomic E-state index is -0.878. The maximum atomic E-state index is 12.8. The number of H-pyrrole nitrogens is 1. The van der Waals surface area contributed by atoms with Gasteiger partial charge in [-0.3, -0.25) is 19.4 Å². The highest BCUT2D eigenvalue weighted by Crippen LogP contribution is 2.30. The molecule has 0 saturated carbocycles. The van der Waals surface area contributed by atoms with Gasteiger partial charge in [-0.25, -0.2) is 0 Å². The third kappa shape index (κ3) is 3.62. The van der Waals surface area contributed by atoms with Gasteiger partial charge in [-0.05, 0) is 38.3 Å². The number of nitrogens with zero attached hydrogens (tertiary/aromatic N) is 2. The van der Waals surface area contributed by atoms with Crippen LogP contribution < -0.4 is 21.1 Å². The Hall–Kier alpha value is -3.16. The van der Waals surface area contributed by atoms with Gasteiger partial charge in [0.25, 0.3) is 5.56 Å². The number of hydrogen-bond acceptors (Lipinski definition) is 5. The van der Waals surface area contributed by atoms with E-state index in [0.717, 1.165) is 37.9 Å². The van der Waals surface area contributed by atoms with E-state index in [1.807, 2.05) is 24.0 Å². The van der Waals surface area contributed by atoms with E-state index in [0.29, 0.717) is 11.6 Å². The number of fused-ring (bicyclic) bond motifs is 1. The number of aromatic amines is 1. The van der Waals surface area contributed by atoms with Crippen LogP contribution in [-0.4, -0.2) is 34.9 Å². The minimum Gasteiger partial charge on any atom is -0.342 e. The zero-order valence-corrected chi connectivity index (χ0v) is 15.7. The van der Waals surface area contributed by atoms with Crippen molar-refractivity contribution < 1.29 is 9.59 Å². The van der Waals surface area contributed by atoms with Crippen molar-refractivity contribution in [3.05, 3.63) is 45.7 Å². The largest absolute Gasteiger partial charge is 0.342 e. The van der Waals surface area contributed by atoms with E-state index >= 15 is 0 Å². The molecule has 2 aromatic rings. The molecule has 0 spiro atoms. The predicted octanol–water partition coefficient (Wildman–Crippen LogP) is 2.13. The van der Waals surface area contributed by atoms with Crippen molar-refractivity contribution in [3.8, 4) is 0 Å². The normalized spacial score (nSPS) is 19.0. The van der Waals surface area contributed by atoms with Gasteiger partial charge in [0.15, 0.2) is 0 Å². The minimum absolute atomic E-state index is 0.0848. The summed E-state index contributed by atoms with van der Waals surface area (Å²) in [7, 11) is 0. The Balaban J connectivity index is 1.64. The van der Waals surface area contributed by atoms with E-state index < -0.39 is 11.8 Å². The Labute approximate surface area is 162 Å². The molecule has 1 aromatic carbocycles. The van der Waals surface area contributed by atoms with Gasteiger partial charge in [0.05, 0.1) is 11.5 Å². The maximum Gasteiger partial charge on any atom is 0.258 e. The molecule has 1 fully saturated rings. The SMILES string of the molecule is Cc1ccc(NC(=O)C2CC(=O)Nc3nc(N4CCCCC4)[nH]c(=O)c32)cc1. The monoisotopic (exact) mass is 381 g/mol. The van der Waals surface area contributed by atoms with Crippen molar-refractivity contribution in [1.29, 1.82) is 0 Å². The zero-order chi connectivity index (χ0) is 19.7. The Morgan fingerprint density at radius 3 is 2.57 bits per heavy atom. The summed E-state index contributed by atoms with van der Waals surface area (Å²) in [6, 6.07) is 7.35. The second-order valence-electron chi connectivity index (χ2n) is 7.36. The molecule has 146 valence electrons. The number of aryl methyl sites for hydroxylation is 1. The second kappa shape index (κ2) is 7.46. The highest BCUT2D eigenvalue weighted by Gasteiger charge is 2.35. The van der Waals surface area contributed by atoms with Crippen LogP contribution in [0.3, 0.4) is 0 Å². The number of piperidine rings is 1. The van der Waals surface area contributed by atoms with Crippen molar-refractivity contribution in [2.24, 2.45) is 0 Å². The second-order valence-corrected chi connectivity index (χ2v) is 7.36. The molecule has 8 nitrogen and oxygen atoms in total. The van der Waals surface area contributed by atoms with E-state index in [2.05, 4.69) is 20.6 Å². The lowest BCUT2D eigenvalue weighted by molar-refractivity contribution is -0.123. The molecule has 0 radical (unpaired) electrons. The Morgan fingerprint density at radius 2 is 1.86 bits per heavy atom. The van der Waals surface area contributed by atoms with Crippen molar-refractivity contribution in [1.82, 2.24) is 9.97 Å². The van der Waals surface area contributed by atoms with Crippen LogP contribution >= 0.6 is 0 Å². The lowest BCUT2D eigenvalue weighted by Crippen LogP contribution is -2.38. The Morgan fingerprint density at radius 1 is 1.14 bits per heavy atom. The summed E-state index contributed by atoms with van der Waals surface area (Å²) in [5.41, 5.74) is 1.53. The molecular formula is C20H23N5O3. The average molecular weight is 381 g/mol. The number of aromatic nitrogens is 2. The van der Waals surface area contributed by atoms with Crippen LogP contribution in [0.4, 0.5) is 17.5 Å². The molecular weight excluding hydrogens is 358 g/mol. The number of benzene rings is 1. The third-order valence-corrected chi connectivity index (χ3v) is 5.23. The number of anilines is 3. The van der Waals surface area contributed by atoms with Crippen LogP contribution in [0.5, 0.6) is 0 Å². The van der Waals surface area contributed by atoms with Gasteiger partial charge >= 0.3 is 0 Å². The van der Waals surface area contributed by atoms with Crippen LogP contribution in [0.2, 0.25) is 0 Å². The molecule has 2 amide bonds. The number of carbonyl (C=O) groups is 2. The summed E-state index contributed by atoms with van der Waals surface area (Å²) in [6.45, 7) is 3.58. The van der Waals surface area contributed by atoms with Crippen molar-refractivity contribution in [3.63, 3.8) is 0 Å². The summed E-state index contributed by atoms with van der Waals surface area (Å²) in [5.74, 6) is -0.957. The van der Waals surface area contributed by atoms with Crippen LogP contribution in [0, 0.1) is 6.92 Å². The first-order valence-electron chi connectivity index (χ1n) is 9.58. The van der Waals surface area contributed by atoms with Gasteiger partial charge in [-0.15, -0.1) is 0 Å².